The van der Waals surface area contributed by atoms with E-state index in [1.807, 2.05) is 31.2 Å². The first-order chi connectivity index (χ1) is 7.70. The largest absolute Gasteiger partial charge is 0.380 e. The molecule has 0 spiro atoms. The van der Waals surface area contributed by atoms with Crippen LogP contribution in [0.5, 0.6) is 0 Å². The van der Waals surface area contributed by atoms with Crippen LogP contribution in [0.4, 0.5) is 0 Å². The van der Waals surface area contributed by atoms with Gasteiger partial charge in [-0.05, 0) is 17.7 Å². The number of rotatable bonds is 6. The van der Waals surface area contributed by atoms with Crippen molar-refractivity contribution in [3.63, 3.8) is 0 Å². The zero-order valence-corrected chi connectivity index (χ0v) is 9.69. The Balaban J connectivity index is 3.02. The van der Waals surface area contributed by atoms with Gasteiger partial charge >= 0.3 is 0 Å². The number of carbonyl (C=O) groups is 1. The summed E-state index contributed by atoms with van der Waals surface area (Å²) in [5.74, 6) is -0.370. The van der Waals surface area contributed by atoms with Gasteiger partial charge < -0.3 is 15.8 Å². The Kier molecular flexibility index (Phi) is 4.95. The number of nitrogens with two attached hydrogens (primary N) is 1. The van der Waals surface area contributed by atoms with Gasteiger partial charge in [0.05, 0.1) is 6.61 Å². The van der Waals surface area contributed by atoms with Gasteiger partial charge in [-0.15, -0.1) is 0 Å². The molecule has 16 heavy (non-hydrogen) atoms. The van der Waals surface area contributed by atoms with Gasteiger partial charge in [-0.3, -0.25) is 4.79 Å². The van der Waals surface area contributed by atoms with Gasteiger partial charge in [-0.2, -0.15) is 0 Å². The summed E-state index contributed by atoms with van der Waals surface area (Å²) in [6.45, 7) is 3.11. The van der Waals surface area contributed by atoms with Gasteiger partial charge in [0.1, 0.15) is 6.04 Å². The molecule has 0 saturated carbocycles. The molecule has 0 aliphatic heterocycles. The first-order valence-electron chi connectivity index (χ1n) is 5.30. The van der Waals surface area contributed by atoms with Crippen molar-refractivity contribution >= 4 is 5.91 Å². The van der Waals surface area contributed by atoms with E-state index in [9.17, 15) is 4.79 Å². The SMILES string of the molecule is CCNC(C(N)=O)c1ccccc1COC. The van der Waals surface area contributed by atoms with Gasteiger partial charge in [0.15, 0.2) is 0 Å². The fraction of sp³-hybridized carbons (Fsp3) is 0.417. The minimum atomic E-state index is -0.448. The molecule has 1 rings (SSSR count). The Morgan fingerprint density at radius 3 is 2.75 bits per heavy atom. The predicted octanol–water partition coefficient (Wildman–Crippen LogP) is 0.969. The lowest BCUT2D eigenvalue weighted by Crippen LogP contribution is -2.34. The highest BCUT2D eigenvalue weighted by atomic mass is 16.5. The molecule has 1 atom stereocenters. The van der Waals surface area contributed by atoms with Crippen molar-refractivity contribution in [2.75, 3.05) is 13.7 Å². The maximum atomic E-state index is 11.4. The molecule has 1 aromatic rings. The number of hydrogen-bond donors (Lipinski definition) is 2. The quantitative estimate of drug-likeness (QED) is 0.753. The van der Waals surface area contributed by atoms with Crippen molar-refractivity contribution in [2.24, 2.45) is 5.73 Å². The fourth-order valence-electron chi connectivity index (χ4n) is 1.67. The second-order valence-electron chi connectivity index (χ2n) is 3.52. The van der Waals surface area contributed by atoms with Crippen molar-refractivity contribution in [1.29, 1.82) is 0 Å². The second kappa shape index (κ2) is 6.25. The summed E-state index contributed by atoms with van der Waals surface area (Å²) in [6, 6.07) is 7.19. The lowest BCUT2D eigenvalue weighted by molar-refractivity contribution is -0.120. The first-order valence-corrected chi connectivity index (χ1v) is 5.30. The van der Waals surface area contributed by atoms with Crippen molar-refractivity contribution in [3.05, 3.63) is 35.4 Å². The molecule has 3 N–H and O–H groups in total. The topological polar surface area (TPSA) is 64.3 Å². The van der Waals surface area contributed by atoms with Crippen molar-refractivity contribution in [1.82, 2.24) is 5.32 Å². The Hall–Kier alpha value is -1.39. The minimum absolute atomic E-state index is 0.370. The van der Waals surface area contributed by atoms with Gasteiger partial charge in [0.2, 0.25) is 5.91 Å². The molecule has 1 amide bonds. The van der Waals surface area contributed by atoms with Gasteiger partial charge in [-0.25, -0.2) is 0 Å². The van der Waals surface area contributed by atoms with E-state index in [4.69, 9.17) is 10.5 Å². The third-order valence-electron chi connectivity index (χ3n) is 2.36. The van der Waals surface area contributed by atoms with Crippen LogP contribution >= 0.6 is 0 Å². The van der Waals surface area contributed by atoms with Crippen LogP contribution in [0.15, 0.2) is 24.3 Å². The number of benzene rings is 1. The molecule has 1 aromatic carbocycles. The van der Waals surface area contributed by atoms with E-state index in [1.54, 1.807) is 7.11 Å². The van der Waals surface area contributed by atoms with Crippen LogP contribution in [0.3, 0.4) is 0 Å². The molecule has 4 nitrogen and oxygen atoms in total. The lowest BCUT2D eigenvalue weighted by Gasteiger charge is -2.18. The molecule has 0 saturated heterocycles. The van der Waals surface area contributed by atoms with Crippen molar-refractivity contribution in [3.8, 4) is 0 Å². The highest BCUT2D eigenvalue weighted by molar-refractivity contribution is 5.81. The van der Waals surface area contributed by atoms with Crippen LogP contribution in [0.25, 0.3) is 0 Å². The molecule has 0 aliphatic rings. The number of likely N-dealkylation sites (N-methyl/N-ethyl adjacent to an activating group) is 1. The molecule has 0 aromatic heterocycles. The van der Waals surface area contributed by atoms with Gasteiger partial charge in [-0.1, -0.05) is 31.2 Å². The van der Waals surface area contributed by atoms with Crippen molar-refractivity contribution in [2.45, 2.75) is 19.6 Å². The van der Waals surface area contributed by atoms with E-state index in [-0.39, 0.29) is 5.91 Å². The number of nitrogens with one attached hydrogen (secondary N) is 1. The maximum Gasteiger partial charge on any atom is 0.239 e. The monoisotopic (exact) mass is 222 g/mol. The summed E-state index contributed by atoms with van der Waals surface area (Å²) in [4.78, 5) is 11.4. The smallest absolute Gasteiger partial charge is 0.239 e. The first kappa shape index (κ1) is 12.7. The number of carbonyl (C=O) groups excluding carboxylic acids is 1. The Bertz CT molecular complexity index is 353. The average molecular weight is 222 g/mol. The summed E-state index contributed by atoms with van der Waals surface area (Å²) in [5.41, 5.74) is 7.25. The third-order valence-corrected chi connectivity index (χ3v) is 2.36. The van der Waals surface area contributed by atoms with Crippen LogP contribution in [0.1, 0.15) is 24.1 Å². The molecule has 0 aliphatic carbocycles. The molecule has 0 fully saturated rings. The summed E-state index contributed by atoms with van der Waals surface area (Å²) in [6.07, 6.45) is 0. The molecule has 1 unspecified atom stereocenters. The van der Waals surface area contributed by atoms with Crippen molar-refractivity contribution < 1.29 is 9.53 Å². The lowest BCUT2D eigenvalue weighted by atomic mass is 10.00. The van der Waals surface area contributed by atoms with E-state index in [2.05, 4.69) is 5.32 Å². The van der Waals surface area contributed by atoms with Crippen LogP contribution in [-0.4, -0.2) is 19.6 Å². The number of primary amides is 1. The summed E-state index contributed by atoms with van der Waals surface area (Å²) >= 11 is 0. The Morgan fingerprint density at radius 1 is 1.50 bits per heavy atom. The normalized spacial score (nSPS) is 12.4. The number of ether oxygens (including phenoxy) is 1. The van der Waals surface area contributed by atoms with Crippen LogP contribution < -0.4 is 11.1 Å². The third kappa shape index (κ3) is 3.05. The van der Waals surface area contributed by atoms with Crippen LogP contribution in [0.2, 0.25) is 0 Å². The standard InChI is InChI=1S/C12H18N2O2/c1-3-14-11(12(13)15)10-7-5-4-6-9(10)8-16-2/h4-7,11,14H,3,8H2,1-2H3,(H2,13,15). The van der Waals surface area contributed by atoms with Gasteiger partial charge in [0, 0.05) is 7.11 Å². The minimum Gasteiger partial charge on any atom is -0.380 e. The number of hydrogen-bond acceptors (Lipinski definition) is 3. The summed E-state index contributed by atoms with van der Waals surface area (Å²) in [7, 11) is 1.63. The van der Waals surface area contributed by atoms with E-state index in [0.717, 1.165) is 11.1 Å². The van der Waals surface area contributed by atoms with E-state index in [0.29, 0.717) is 13.2 Å². The maximum absolute atomic E-state index is 11.4. The molecule has 0 heterocycles. The number of amides is 1. The average Bonchev–Trinajstić information content (AvgIpc) is 2.27. The van der Waals surface area contributed by atoms with Gasteiger partial charge in [0.25, 0.3) is 0 Å². The van der Waals surface area contributed by atoms with E-state index < -0.39 is 6.04 Å². The molecular formula is C12H18N2O2. The zero-order chi connectivity index (χ0) is 12.0. The summed E-state index contributed by atoms with van der Waals surface area (Å²) < 4.78 is 5.10. The highest BCUT2D eigenvalue weighted by Gasteiger charge is 2.18. The summed E-state index contributed by atoms with van der Waals surface area (Å²) in [5, 5.41) is 3.07. The van der Waals surface area contributed by atoms with Crippen LogP contribution in [-0.2, 0) is 16.1 Å². The highest BCUT2D eigenvalue weighted by Crippen LogP contribution is 2.18. The number of methoxy groups -OCH3 is 1. The fourth-order valence-corrected chi connectivity index (χ4v) is 1.67. The van der Waals surface area contributed by atoms with E-state index >= 15 is 0 Å². The molecule has 4 heteroatoms. The molecule has 88 valence electrons. The second-order valence-corrected chi connectivity index (χ2v) is 3.52. The Morgan fingerprint density at radius 2 is 2.19 bits per heavy atom. The predicted molar refractivity (Wildman–Crippen MR) is 62.8 cm³/mol. The molecule has 0 radical (unpaired) electrons. The van der Waals surface area contributed by atoms with E-state index in [1.165, 1.54) is 0 Å². The molecular weight excluding hydrogens is 204 g/mol. The van der Waals surface area contributed by atoms with Crippen LogP contribution in [0, 0.1) is 0 Å². The zero-order valence-electron chi connectivity index (χ0n) is 9.69. The Labute approximate surface area is 95.8 Å². The molecule has 0 bridgehead atoms.